The van der Waals surface area contributed by atoms with Crippen molar-refractivity contribution in [2.24, 2.45) is 5.10 Å². The van der Waals surface area contributed by atoms with E-state index in [1.54, 1.807) is 25.1 Å². The maximum Gasteiger partial charge on any atom is 0.335 e. The fourth-order valence-electron chi connectivity index (χ4n) is 3.03. The zero-order valence-corrected chi connectivity index (χ0v) is 16.1. The van der Waals surface area contributed by atoms with Gasteiger partial charge in [0.1, 0.15) is 11.5 Å². The largest absolute Gasteiger partial charge is 0.478 e. The number of carbonyl (C=O) groups is 2. The molecule has 6 heteroatoms. The normalized spacial score (nSPS) is 14.7. The van der Waals surface area contributed by atoms with E-state index in [4.69, 9.17) is 9.84 Å². The highest BCUT2D eigenvalue weighted by Gasteiger charge is 2.28. The number of carboxylic acids is 1. The van der Waals surface area contributed by atoms with Crippen molar-refractivity contribution in [2.75, 3.05) is 5.01 Å². The second kappa shape index (κ2) is 8.05. The molecule has 0 saturated heterocycles. The van der Waals surface area contributed by atoms with Crippen molar-refractivity contribution >= 4 is 29.4 Å². The zero-order valence-electron chi connectivity index (χ0n) is 16.1. The molecule has 0 aromatic heterocycles. The summed E-state index contributed by atoms with van der Waals surface area (Å²) < 4.78 is 5.79. The Bertz CT molecular complexity index is 1150. The molecule has 3 aromatic rings. The number of benzene rings is 3. The third-order valence-electron chi connectivity index (χ3n) is 4.59. The first-order valence-electron chi connectivity index (χ1n) is 9.29. The van der Waals surface area contributed by atoms with Gasteiger partial charge in [0.05, 0.1) is 22.5 Å². The van der Waals surface area contributed by atoms with Crippen LogP contribution in [0.3, 0.4) is 0 Å². The maximum atomic E-state index is 12.8. The van der Waals surface area contributed by atoms with Crippen LogP contribution in [0.4, 0.5) is 5.69 Å². The molecule has 4 rings (SSSR count). The summed E-state index contributed by atoms with van der Waals surface area (Å²) in [7, 11) is 0. The maximum absolute atomic E-state index is 12.8. The minimum absolute atomic E-state index is 0.152. The molecule has 1 aliphatic heterocycles. The second-order valence-corrected chi connectivity index (χ2v) is 6.70. The molecule has 0 spiro atoms. The summed E-state index contributed by atoms with van der Waals surface area (Å²) in [6, 6.07) is 22.9. The van der Waals surface area contributed by atoms with Crippen LogP contribution in [0, 0.1) is 0 Å². The van der Waals surface area contributed by atoms with E-state index in [0.29, 0.717) is 22.7 Å². The van der Waals surface area contributed by atoms with Gasteiger partial charge in [-0.1, -0.05) is 30.3 Å². The fourth-order valence-corrected chi connectivity index (χ4v) is 3.03. The monoisotopic (exact) mass is 398 g/mol. The molecule has 0 fully saturated rings. The minimum Gasteiger partial charge on any atom is -0.478 e. The molecule has 1 N–H and O–H groups in total. The van der Waals surface area contributed by atoms with Gasteiger partial charge in [0.25, 0.3) is 5.91 Å². The van der Waals surface area contributed by atoms with E-state index in [0.717, 1.165) is 11.3 Å². The molecular formula is C24H18N2O4. The van der Waals surface area contributed by atoms with Gasteiger partial charge in [0, 0.05) is 0 Å². The first-order chi connectivity index (χ1) is 14.5. The number of aromatic carboxylic acids is 1. The third-order valence-corrected chi connectivity index (χ3v) is 4.59. The van der Waals surface area contributed by atoms with Gasteiger partial charge in [-0.15, -0.1) is 0 Å². The van der Waals surface area contributed by atoms with E-state index in [1.807, 2.05) is 54.6 Å². The van der Waals surface area contributed by atoms with E-state index in [9.17, 15) is 9.59 Å². The smallest absolute Gasteiger partial charge is 0.335 e. The molecule has 0 bridgehead atoms. The number of carboxylic acid groups (broad SMARTS) is 1. The van der Waals surface area contributed by atoms with Gasteiger partial charge in [-0.2, -0.15) is 10.1 Å². The van der Waals surface area contributed by atoms with Gasteiger partial charge in [0.15, 0.2) is 0 Å². The number of carbonyl (C=O) groups excluding carboxylic acids is 1. The summed E-state index contributed by atoms with van der Waals surface area (Å²) in [5, 5.41) is 14.6. The van der Waals surface area contributed by atoms with Crippen molar-refractivity contribution in [3.63, 3.8) is 0 Å². The van der Waals surface area contributed by atoms with Crippen molar-refractivity contribution in [3.8, 4) is 11.5 Å². The number of anilines is 1. The molecule has 0 radical (unpaired) electrons. The molecule has 0 saturated carbocycles. The third kappa shape index (κ3) is 3.98. The van der Waals surface area contributed by atoms with Crippen molar-refractivity contribution in [1.82, 2.24) is 0 Å². The first kappa shape index (κ1) is 19.1. The molecular weight excluding hydrogens is 380 g/mol. The number of ether oxygens (including phenoxy) is 1. The molecule has 0 unspecified atom stereocenters. The van der Waals surface area contributed by atoms with Crippen molar-refractivity contribution < 1.29 is 19.4 Å². The van der Waals surface area contributed by atoms with Gasteiger partial charge in [-0.25, -0.2) is 4.79 Å². The van der Waals surface area contributed by atoms with Crippen LogP contribution in [0.25, 0.3) is 6.08 Å². The standard InChI is InChI=1S/C24H18N2O4/c1-16-22(23(27)26(25-16)19-11-9-18(10-12-19)24(28)29)15-17-7-13-21(14-8-17)30-20-5-3-2-4-6-20/h2-15H,1H3,(H,28,29)/b22-15-. The molecule has 30 heavy (non-hydrogen) atoms. The lowest BCUT2D eigenvalue weighted by atomic mass is 10.1. The van der Waals surface area contributed by atoms with Gasteiger partial charge in [-0.05, 0) is 67.1 Å². The van der Waals surface area contributed by atoms with E-state index >= 15 is 0 Å². The van der Waals surface area contributed by atoms with E-state index in [2.05, 4.69) is 5.10 Å². The zero-order chi connectivity index (χ0) is 21.1. The van der Waals surface area contributed by atoms with Crippen molar-refractivity contribution in [1.29, 1.82) is 0 Å². The number of hydrazone groups is 1. The number of hydrogen-bond donors (Lipinski definition) is 1. The van der Waals surface area contributed by atoms with Crippen LogP contribution in [-0.2, 0) is 4.79 Å². The Morgan fingerprint density at radius 3 is 2.20 bits per heavy atom. The van der Waals surface area contributed by atoms with Crippen molar-refractivity contribution in [2.45, 2.75) is 6.92 Å². The number of para-hydroxylation sites is 1. The second-order valence-electron chi connectivity index (χ2n) is 6.70. The van der Waals surface area contributed by atoms with Crippen LogP contribution >= 0.6 is 0 Å². The summed E-state index contributed by atoms with van der Waals surface area (Å²) in [4.78, 5) is 23.9. The summed E-state index contributed by atoms with van der Waals surface area (Å²) in [6.45, 7) is 1.77. The number of nitrogens with zero attached hydrogens (tertiary/aromatic N) is 2. The minimum atomic E-state index is -1.02. The van der Waals surface area contributed by atoms with Crippen LogP contribution in [0.2, 0.25) is 0 Å². The first-order valence-corrected chi connectivity index (χ1v) is 9.29. The molecule has 6 nitrogen and oxygen atoms in total. The molecule has 0 aliphatic carbocycles. The quantitative estimate of drug-likeness (QED) is 0.615. The van der Waals surface area contributed by atoms with Crippen molar-refractivity contribution in [3.05, 3.63) is 95.6 Å². The highest BCUT2D eigenvalue weighted by molar-refractivity contribution is 6.32. The molecule has 148 valence electrons. The van der Waals surface area contributed by atoms with Gasteiger partial charge in [0.2, 0.25) is 0 Å². The van der Waals surface area contributed by atoms with Crippen LogP contribution < -0.4 is 9.75 Å². The Morgan fingerprint density at radius 1 is 0.933 bits per heavy atom. The summed E-state index contributed by atoms with van der Waals surface area (Å²) in [5.74, 6) is 0.170. The van der Waals surface area contributed by atoms with Crippen LogP contribution in [0.1, 0.15) is 22.8 Å². The SMILES string of the molecule is CC1=NN(c2ccc(C(=O)O)cc2)C(=O)/C1=C\c1ccc(Oc2ccccc2)cc1. The van der Waals surface area contributed by atoms with Gasteiger partial charge < -0.3 is 9.84 Å². The highest BCUT2D eigenvalue weighted by atomic mass is 16.5. The predicted octanol–water partition coefficient (Wildman–Crippen LogP) is 4.98. The van der Waals surface area contributed by atoms with Gasteiger partial charge in [-0.3, -0.25) is 4.79 Å². The van der Waals surface area contributed by atoms with Crippen LogP contribution in [0.15, 0.2) is 89.5 Å². The summed E-state index contributed by atoms with van der Waals surface area (Å²) >= 11 is 0. The Labute approximate surface area is 173 Å². The summed E-state index contributed by atoms with van der Waals surface area (Å²) in [5.41, 5.74) is 2.58. The summed E-state index contributed by atoms with van der Waals surface area (Å²) in [6.07, 6.45) is 1.78. The molecule has 3 aromatic carbocycles. The van der Waals surface area contributed by atoms with E-state index in [1.165, 1.54) is 17.1 Å². The number of amides is 1. The lowest BCUT2D eigenvalue weighted by Gasteiger charge is -2.11. The molecule has 1 amide bonds. The Morgan fingerprint density at radius 2 is 1.57 bits per heavy atom. The average Bonchev–Trinajstić information content (AvgIpc) is 3.04. The predicted molar refractivity (Wildman–Crippen MR) is 115 cm³/mol. The number of rotatable bonds is 5. The Balaban J connectivity index is 1.52. The Hall–Kier alpha value is -4.19. The molecule has 1 heterocycles. The highest BCUT2D eigenvalue weighted by Crippen LogP contribution is 2.26. The molecule has 0 atom stereocenters. The molecule has 1 aliphatic rings. The van der Waals surface area contributed by atoms with Crippen LogP contribution in [0.5, 0.6) is 11.5 Å². The fraction of sp³-hybridized carbons (Fsp3) is 0.0417. The number of hydrogen-bond acceptors (Lipinski definition) is 4. The lowest BCUT2D eigenvalue weighted by molar-refractivity contribution is -0.114. The topological polar surface area (TPSA) is 79.2 Å². The Kier molecular flexibility index (Phi) is 5.13. The van der Waals surface area contributed by atoms with E-state index in [-0.39, 0.29) is 11.5 Å². The lowest BCUT2D eigenvalue weighted by Crippen LogP contribution is -2.21. The van der Waals surface area contributed by atoms with Crippen LogP contribution in [-0.4, -0.2) is 22.7 Å². The van der Waals surface area contributed by atoms with E-state index < -0.39 is 5.97 Å². The van der Waals surface area contributed by atoms with Gasteiger partial charge >= 0.3 is 5.97 Å². The average molecular weight is 398 g/mol.